The van der Waals surface area contributed by atoms with Crippen LogP contribution in [0, 0.1) is 0 Å². The van der Waals surface area contributed by atoms with Crippen molar-refractivity contribution in [1.82, 2.24) is 0 Å². The number of aliphatic hydroxyl groups is 2. The second kappa shape index (κ2) is 14.2. The number of rotatable bonds is 12. The number of unbranched alkanes of at least 4 members (excludes halogenated alkanes) is 9. The Morgan fingerprint density at radius 1 is 0.800 bits per heavy atom. The second-order valence-corrected chi connectivity index (χ2v) is 5.32. The molecule has 0 radical (unpaired) electrons. The molecule has 0 aromatic rings. The summed E-state index contributed by atoms with van der Waals surface area (Å²) in [5, 5.41) is 18.9. The zero-order valence-corrected chi connectivity index (χ0v) is 13.3. The van der Waals surface area contributed by atoms with Crippen molar-refractivity contribution in [3.05, 3.63) is 35.8 Å². The lowest BCUT2D eigenvalue weighted by molar-refractivity contribution is 0.402. The van der Waals surface area contributed by atoms with Crippen LogP contribution in [0.15, 0.2) is 35.8 Å². The molecule has 0 heterocycles. The summed E-state index contributed by atoms with van der Waals surface area (Å²) in [6, 6.07) is 0. The normalized spacial score (nSPS) is 13.3. The summed E-state index contributed by atoms with van der Waals surface area (Å²) < 4.78 is 0. The molecule has 2 nitrogen and oxygen atoms in total. The average Bonchev–Trinajstić information content (AvgIpc) is 2.41. The fraction of sp³-hybridized carbons (Fsp3) is 0.667. The third-order valence-electron chi connectivity index (χ3n) is 3.29. The summed E-state index contributed by atoms with van der Waals surface area (Å²) in [6.07, 6.45) is 19.1. The molecule has 20 heavy (non-hydrogen) atoms. The van der Waals surface area contributed by atoms with Crippen LogP contribution in [0.2, 0.25) is 0 Å². The van der Waals surface area contributed by atoms with Crippen LogP contribution in [0.3, 0.4) is 0 Å². The van der Waals surface area contributed by atoms with E-state index in [2.05, 4.69) is 6.92 Å². The Morgan fingerprint density at radius 2 is 1.35 bits per heavy atom. The van der Waals surface area contributed by atoms with Crippen molar-refractivity contribution in [2.24, 2.45) is 0 Å². The largest absolute Gasteiger partial charge is 0.508 e. The van der Waals surface area contributed by atoms with E-state index in [4.69, 9.17) is 0 Å². The minimum absolute atomic E-state index is 0.0910. The Balaban J connectivity index is 3.49. The second-order valence-electron chi connectivity index (χ2n) is 5.32. The molecule has 0 spiro atoms. The summed E-state index contributed by atoms with van der Waals surface area (Å²) in [6.45, 7) is 4.07. The molecule has 0 rings (SSSR count). The van der Waals surface area contributed by atoms with E-state index in [1.165, 1.54) is 57.4 Å². The van der Waals surface area contributed by atoms with Gasteiger partial charge in [-0.25, -0.2) is 0 Å². The first-order valence-electron chi connectivity index (χ1n) is 8.13. The summed E-state index contributed by atoms with van der Waals surface area (Å²) in [7, 11) is 0. The summed E-state index contributed by atoms with van der Waals surface area (Å²) in [5.41, 5.74) is 0. The molecule has 0 aromatic heterocycles. The zero-order chi connectivity index (χ0) is 15.1. The third kappa shape index (κ3) is 13.3. The summed E-state index contributed by atoms with van der Waals surface area (Å²) in [4.78, 5) is 0. The Kier molecular flexibility index (Phi) is 13.4. The monoisotopic (exact) mass is 280 g/mol. The topological polar surface area (TPSA) is 40.5 Å². The fourth-order valence-corrected chi connectivity index (χ4v) is 2.13. The molecule has 0 atom stereocenters. The molecule has 0 bridgehead atoms. The lowest BCUT2D eigenvalue weighted by atomic mass is 10.1. The van der Waals surface area contributed by atoms with Crippen LogP contribution in [-0.2, 0) is 0 Å². The Hall–Kier alpha value is -1.18. The molecule has 116 valence electrons. The van der Waals surface area contributed by atoms with Gasteiger partial charge in [-0.2, -0.15) is 0 Å². The van der Waals surface area contributed by atoms with E-state index in [1.54, 1.807) is 18.2 Å². The first-order chi connectivity index (χ1) is 9.70. The van der Waals surface area contributed by atoms with Crippen LogP contribution in [0.5, 0.6) is 0 Å². The minimum Gasteiger partial charge on any atom is -0.508 e. The van der Waals surface area contributed by atoms with E-state index in [-0.39, 0.29) is 11.5 Å². The predicted molar refractivity (Wildman–Crippen MR) is 88.1 cm³/mol. The lowest BCUT2D eigenvalue weighted by Gasteiger charge is -2.01. The predicted octanol–water partition coefficient (Wildman–Crippen LogP) is 6.37. The summed E-state index contributed by atoms with van der Waals surface area (Å²) in [5.74, 6) is 0.244. The quantitative estimate of drug-likeness (QED) is 0.248. The van der Waals surface area contributed by atoms with E-state index in [0.717, 1.165) is 12.8 Å². The molecule has 2 heteroatoms. The van der Waals surface area contributed by atoms with Gasteiger partial charge in [-0.1, -0.05) is 64.4 Å². The number of aliphatic hydroxyl groups excluding tert-OH is 2. The number of allylic oxidation sites excluding steroid dienone is 4. The maximum Gasteiger partial charge on any atom is 0.118 e. The van der Waals surface area contributed by atoms with Gasteiger partial charge in [0, 0.05) is 6.08 Å². The van der Waals surface area contributed by atoms with Gasteiger partial charge in [0.2, 0.25) is 0 Å². The van der Waals surface area contributed by atoms with Gasteiger partial charge in [-0.15, -0.1) is 0 Å². The Bertz CT molecular complexity index is 301. The standard InChI is InChI=1S/C18H32O2/c1-3-5-6-7-8-9-10-11-12-13-15-18(20)16-17(19)14-4-2/h4,14-16,19-20H,3,5-13H2,1-2H3/b14-4+,17-16-,18-15-. The SMILES string of the molecule is C/C=C/C(O)=C/C(O)=C/CCCCCCCCCCC. The highest BCUT2D eigenvalue weighted by molar-refractivity contribution is 5.20. The highest BCUT2D eigenvalue weighted by Gasteiger charge is 1.93. The molecule has 2 N–H and O–H groups in total. The van der Waals surface area contributed by atoms with Crippen LogP contribution < -0.4 is 0 Å². The van der Waals surface area contributed by atoms with E-state index in [1.807, 2.05) is 6.92 Å². The van der Waals surface area contributed by atoms with Gasteiger partial charge in [-0.3, -0.25) is 0 Å². The molecule has 0 unspecified atom stereocenters. The first-order valence-corrected chi connectivity index (χ1v) is 8.13. The van der Waals surface area contributed by atoms with Crippen molar-refractivity contribution in [2.45, 2.75) is 78.1 Å². The zero-order valence-electron chi connectivity index (χ0n) is 13.3. The highest BCUT2D eigenvalue weighted by Crippen LogP contribution is 2.11. The maximum atomic E-state index is 9.56. The van der Waals surface area contributed by atoms with Crippen molar-refractivity contribution in [2.75, 3.05) is 0 Å². The van der Waals surface area contributed by atoms with Gasteiger partial charge in [0.15, 0.2) is 0 Å². The van der Waals surface area contributed by atoms with Gasteiger partial charge >= 0.3 is 0 Å². The number of hydrogen-bond acceptors (Lipinski definition) is 2. The smallest absolute Gasteiger partial charge is 0.118 e. The average molecular weight is 280 g/mol. The van der Waals surface area contributed by atoms with Crippen LogP contribution in [0.25, 0.3) is 0 Å². The first kappa shape index (κ1) is 18.8. The molecule has 0 aliphatic rings. The van der Waals surface area contributed by atoms with Gasteiger partial charge in [-0.05, 0) is 31.9 Å². The molecule has 0 saturated heterocycles. The highest BCUT2D eigenvalue weighted by atomic mass is 16.3. The third-order valence-corrected chi connectivity index (χ3v) is 3.29. The van der Waals surface area contributed by atoms with E-state index >= 15 is 0 Å². The van der Waals surface area contributed by atoms with E-state index in [9.17, 15) is 10.2 Å². The van der Waals surface area contributed by atoms with Crippen LogP contribution in [0.1, 0.15) is 78.1 Å². The van der Waals surface area contributed by atoms with Crippen LogP contribution in [-0.4, -0.2) is 10.2 Å². The molecular weight excluding hydrogens is 248 g/mol. The minimum atomic E-state index is 0.0910. The molecular formula is C18H32O2. The molecule has 0 aromatic carbocycles. The van der Waals surface area contributed by atoms with Crippen molar-refractivity contribution < 1.29 is 10.2 Å². The maximum absolute atomic E-state index is 9.56. The van der Waals surface area contributed by atoms with Gasteiger partial charge in [0.05, 0.1) is 0 Å². The van der Waals surface area contributed by atoms with Crippen molar-refractivity contribution in [1.29, 1.82) is 0 Å². The van der Waals surface area contributed by atoms with Crippen molar-refractivity contribution >= 4 is 0 Å². The van der Waals surface area contributed by atoms with Gasteiger partial charge in [0.1, 0.15) is 11.5 Å². The Labute approximate surface area is 124 Å². The molecule has 0 amide bonds. The van der Waals surface area contributed by atoms with Gasteiger partial charge < -0.3 is 10.2 Å². The van der Waals surface area contributed by atoms with E-state index < -0.39 is 0 Å². The number of hydrogen-bond donors (Lipinski definition) is 2. The van der Waals surface area contributed by atoms with Crippen LogP contribution >= 0.6 is 0 Å². The summed E-state index contributed by atoms with van der Waals surface area (Å²) >= 11 is 0. The Morgan fingerprint density at radius 3 is 1.90 bits per heavy atom. The fourth-order valence-electron chi connectivity index (χ4n) is 2.13. The van der Waals surface area contributed by atoms with Crippen LogP contribution in [0.4, 0.5) is 0 Å². The lowest BCUT2D eigenvalue weighted by Crippen LogP contribution is -1.83. The molecule has 0 aliphatic heterocycles. The van der Waals surface area contributed by atoms with Crippen molar-refractivity contribution in [3.8, 4) is 0 Å². The van der Waals surface area contributed by atoms with Gasteiger partial charge in [0.25, 0.3) is 0 Å². The van der Waals surface area contributed by atoms with Crippen molar-refractivity contribution in [3.63, 3.8) is 0 Å². The molecule has 0 saturated carbocycles. The van der Waals surface area contributed by atoms with E-state index in [0.29, 0.717) is 0 Å². The molecule has 0 aliphatic carbocycles. The molecule has 0 fully saturated rings.